The van der Waals surface area contributed by atoms with Crippen molar-refractivity contribution < 1.29 is 23.8 Å². The van der Waals surface area contributed by atoms with Crippen molar-refractivity contribution in [1.29, 1.82) is 0 Å². The van der Waals surface area contributed by atoms with Gasteiger partial charge >= 0.3 is 6.09 Å². The van der Waals surface area contributed by atoms with E-state index >= 15 is 0 Å². The van der Waals surface area contributed by atoms with Gasteiger partial charge in [0.1, 0.15) is 18.2 Å². The molecule has 0 radical (unpaired) electrons. The van der Waals surface area contributed by atoms with Crippen molar-refractivity contribution in [2.45, 2.75) is 32.5 Å². The number of pyridine rings is 1. The number of phenols is 1. The van der Waals surface area contributed by atoms with E-state index in [0.29, 0.717) is 65.8 Å². The van der Waals surface area contributed by atoms with Crippen LogP contribution in [0, 0.1) is 0 Å². The van der Waals surface area contributed by atoms with Gasteiger partial charge in [-0.3, -0.25) is 4.79 Å². The largest absolute Gasteiger partial charge is 0.507 e. The van der Waals surface area contributed by atoms with Gasteiger partial charge in [0.2, 0.25) is 0 Å². The van der Waals surface area contributed by atoms with E-state index in [1.54, 1.807) is 54.3 Å². The summed E-state index contributed by atoms with van der Waals surface area (Å²) >= 11 is 5.96. The monoisotopic (exact) mass is 541 g/mol. The van der Waals surface area contributed by atoms with E-state index in [1.807, 2.05) is 0 Å². The Balaban J connectivity index is 1.45. The Labute approximate surface area is 224 Å². The van der Waals surface area contributed by atoms with Gasteiger partial charge in [-0.15, -0.1) is 0 Å². The summed E-state index contributed by atoms with van der Waals surface area (Å²) in [5, 5.41) is 17.0. The average molecular weight is 542 g/mol. The van der Waals surface area contributed by atoms with Crippen LogP contribution >= 0.6 is 11.6 Å². The summed E-state index contributed by atoms with van der Waals surface area (Å²) in [6.45, 7) is 2.36. The molecule has 3 aromatic rings. The van der Waals surface area contributed by atoms with Crippen LogP contribution < -0.4 is 16.4 Å². The molecule has 11 heteroatoms. The summed E-state index contributed by atoms with van der Waals surface area (Å²) in [5.41, 5.74) is 8.62. The van der Waals surface area contributed by atoms with Gasteiger partial charge < -0.3 is 31.1 Å². The van der Waals surface area contributed by atoms with Crippen LogP contribution in [0.2, 0.25) is 5.02 Å². The van der Waals surface area contributed by atoms with Crippen molar-refractivity contribution in [1.82, 2.24) is 15.2 Å². The molecule has 2 amide bonds. The number of halogens is 2. The van der Waals surface area contributed by atoms with Crippen LogP contribution in [-0.2, 0) is 11.4 Å². The Bertz CT molecular complexity index is 1330. The third-order valence-electron chi connectivity index (χ3n) is 6.29. The number of likely N-dealkylation sites (tertiary alicyclic amines) is 1. The summed E-state index contributed by atoms with van der Waals surface area (Å²) in [6, 6.07) is 12.7. The first-order valence-corrected chi connectivity index (χ1v) is 12.6. The first-order chi connectivity index (χ1) is 18.3. The number of carbonyl (C=O) groups excluding carboxylic acids is 2. The third kappa shape index (κ3) is 6.25. The molecule has 2 aromatic carbocycles. The maximum absolute atomic E-state index is 13.4. The molecule has 0 spiro atoms. The fraction of sp³-hybridized carbons (Fsp3) is 0.296. The number of nitrogens with zero attached hydrogens (tertiary/aromatic N) is 2. The van der Waals surface area contributed by atoms with Crippen molar-refractivity contribution >= 4 is 40.8 Å². The van der Waals surface area contributed by atoms with Gasteiger partial charge in [0.15, 0.2) is 0 Å². The van der Waals surface area contributed by atoms with Gasteiger partial charge in [-0.25, -0.2) is 14.2 Å². The lowest BCUT2D eigenvalue weighted by Crippen LogP contribution is -2.46. The number of hydrogen-bond donors (Lipinski definition) is 4. The van der Waals surface area contributed by atoms with Crippen LogP contribution in [0.3, 0.4) is 0 Å². The number of nitrogens with two attached hydrogens (primary N) is 1. The molecule has 1 fully saturated rings. The zero-order chi connectivity index (χ0) is 27.2. The highest BCUT2D eigenvalue weighted by molar-refractivity contribution is 6.30. The van der Waals surface area contributed by atoms with Crippen molar-refractivity contribution in [2.24, 2.45) is 0 Å². The van der Waals surface area contributed by atoms with E-state index in [2.05, 4.69) is 15.6 Å². The minimum absolute atomic E-state index is 0.0131. The van der Waals surface area contributed by atoms with E-state index in [0.717, 1.165) is 0 Å². The number of hydrogen-bond acceptors (Lipinski definition) is 7. The molecular weight excluding hydrogens is 513 g/mol. The van der Waals surface area contributed by atoms with Gasteiger partial charge in [-0.1, -0.05) is 11.6 Å². The van der Waals surface area contributed by atoms with E-state index in [1.165, 1.54) is 6.07 Å². The summed E-state index contributed by atoms with van der Waals surface area (Å²) in [4.78, 5) is 30.7. The van der Waals surface area contributed by atoms with Crippen LogP contribution in [0.5, 0.6) is 5.75 Å². The first-order valence-electron chi connectivity index (χ1n) is 12.2. The number of anilines is 3. The number of amides is 2. The van der Waals surface area contributed by atoms with Gasteiger partial charge in [-0.05, 0) is 68.3 Å². The predicted molar refractivity (Wildman–Crippen MR) is 144 cm³/mol. The summed E-state index contributed by atoms with van der Waals surface area (Å²) in [7, 11) is 0. The first kappa shape index (κ1) is 27.0. The minimum Gasteiger partial charge on any atom is -0.507 e. The Hall–Kier alpha value is -4.05. The Kier molecular flexibility index (Phi) is 8.52. The molecule has 1 saturated heterocycles. The zero-order valence-electron chi connectivity index (χ0n) is 20.8. The van der Waals surface area contributed by atoms with Gasteiger partial charge in [0.05, 0.1) is 17.9 Å². The summed E-state index contributed by atoms with van der Waals surface area (Å²) in [5.74, 6) is -0.383. The number of ether oxygens (including phenoxy) is 1. The number of aromatic nitrogens is 1. The number of nitrogens with one attached hydrogen (secondary N) is 2. The molecular formula is C27H29ClFN5O4. The fourth-order valence-corrected chi connectivity index (χ4v) is 4.47. The highest BCUT2D eigenvalue weighted by Gasteiger charge is 2.25. The molecule has 2 heterocycles. The van der Waals surface area contributed by atoms with E-state index in [4.69, 9.17) is 22.1 Å². The molecule has 1 aliphatic heterocycles. The van der Waals surface area contributed by atoms with E-state index in [-0.39, 0.29) is 35.2 Å². The van der Waals surface area contributed by atoms with Crippen LogP contribution in [0.15, 0.2) is 48.5 Å². The number of piperidine rings is 1. The quantitative estimate of drug-likeness (QED) is 0.300. The lowest BCUT2D eigenvalue weighted by Gasteiger charge is -2.31. The molecule has 1 aromatic heterocycles. The summed E-state index contributed by atoms with van der Waals surface area (Å²) in [6.07, 6.45) is 0.850. The molecule has 200 valence electrons. The van der Waals surface area contributed by atoms with Crippen molar-refractivity contribution in [3.63, 3.8) is 0 Å². The summed E-state index contributed by atoms with van der Waals surface area (Å²) < 4.78 is 18.5. The second kappa shape index (κ2) is 12.0. The van der Waals surface area contributed by atoms with E-state index in [9.17, 15) is 19.1 Å². The number of alkyl halides is 1. The molecule has 0 atom stereocenters. The predicted octanol–water partition coefficient (Wildman–Crippen LogP) is 5.25. The van der Waals surface area contributed by atoms with Crippen molar-refractivity contribution in [3.05, 3.63) is 64.7 Å². The molecule has 0 bridgehead atoms. The van der Waals surface area contributed by atoms with Crippen LogP contribution in [0.4, 0.5) is 26.4 Å². The van der Waals surface area contributed by atoms with Crippen LogP contribution in [0.25, 0.3) is 11.3 Å². The number of rotatable bonds is 7. The van der Waals surface area contributed by atoms with Crippen molar-refractivity contribution in [3.8, 4) is 17.0 Å². The fourth-order valence-electron chi connectivity index (χ4n) is 4.27. The van der Waals surface area contributed by atoms with Gasteiger partial charge in [-0.2, -0.15) is 0 Å². The molecule has 0 saturated carbocycles. The highest BCUT2D eigenvalue weighted by Crippen LogP contribution is 2.34. The second-order valence-electron chi connectivity index (χ2n) is 8.86. The number of aromatic hydroxyl groups is 1. The standard InChI is InChI=1S/C27H29ClFN5O4/c1-2-38-27(37)34-11-9-18(10-12-34)32-26(36)20-5-7-23(33-25(20)30)21-14-19(4-8-24(21)35)31-22-6-3-17(28)13-16(22)15-29/h3-8,13-14,18,31,35H,2,9-12,15H2,1H3,(H2,30,33)(H,32,36). The smallest absolute Gasteiger partial charge is 0.409 e. The SMILES string of the molecule is CCOC(=O)N1CCC(NC(=O)c2ccc(-c3cc(Nc4ccc(Cl)cc4CF)ccc3O)nc2N)CC1. The molecule has 1 aliphatic rings. The third-order valence-corrected chi connectivity index (χ3v) is 6.52. The Morgan fingerprint density at radius 1 is 1.18 bits per heavy atom. The molecule has 0 unspecified atom stereocenters. The van der Waals surface area contributed by atoms with Gasteiger partial charge in [0.25, 0.3) is 5.91 Å². The highest BCUT2D eigenvalue weighted by atomic mass is 35.5. The number of phenolic OH excluding ortho intramolecular Hbond substituents is 1. The normalized spacial score (nSPS) is 13.7. The lowest BCUT2D eigenvalue weighted by molar-refractivity contribution is 0.0860. The Morgan fingerprint density at radius 3 is 2.63 bits per heavy atom. The molecule has 5 N–H and O–H groups in total. The molecule has 38 heavy (non-hydrogen) atoms. The Morgan fingerprint density at radius 2 is 1.95 bits per heavy atom. The minimum atomic E-state index is -0.694. The number of nitrogen functional groups attached to an aromatic ring is 1. The molecule has 9 nitrogen and oxygen atoms in total. The van der Waals surface area contributed by atoms with Crippen LogP contribution in [-0.4, -0.2) is 52.7 Å². The topological polar surface area (TPSA) is 130 Å². The van der Waals surface area contributed by atoms with Crippen molar-refractivity contribution in [2.75, 3.05) is 30.7 Å². The maximum Gasteiger partial charge on any atom is 0.409 e. The van der Waals surface area contributed by atoms with Gasteiger partial charge in [0, 0.05) is 46.7 Å². The number of carbonyl (C=O) groups is 2. The zero-order valence-corrected chi connectivity index (χ0v) is 21.6. The maximum atomic E-state index is 13.4. The second-order valence-corrected chi connectivity index (χ2v) is 9.29. The molecule has 0 aliphatic carbocycles. The van der Waals surface area contributed by atoms with Crippen LogP contribution in [0.1, 0.15) is 35.7 Å². The lowest BCUT2D eigenvalue weighted by atomic mass is 10.0. The average Bonchev–Trinajstić information content (AvgIpc) is 2.91. The van der Waals surface area contributed by atoms with E-state index < -0.39 is 6.67 Å². The molecule has 4 rings (SSSR count). The number of benzene rings is 2.